The Labute approximate surface area is 202 Å². The van der Waals surface area contributed by atoms with Crippen molar-refractivity contribution in [1.29, 1.82) is 0 Å². The van der Waals surface area contributed by atoms with Crippen molar-refractivity contribution < 1.29 is 14.3 Å². The first-order valence-corrected chi connectivity index (χ1v) is 12.3. The van der Waals surface area contributed by atoms with Gasteiger partial charge in [-0.15, -0.1) is 0 Å². The van der Waals surface area contributed by atoms with Crippen LogP contribution in [0.15, 0.2) is 48.5 Å². The summed E-state index contributed by atoms with van der Waals surface area (Å²) < 4.78 is 5.72. The highest BCUT2D eigenvalue weighted by molar-refractivity contribution is 6.30. The van der Waals surface area contributed by atoms with E-state index < -0.39 is 6.04 Å². The fraction of sp³-hybridized carbons (Fsp3) is 0.481. The van der Waals surface area contributed by atoms with Gasteiger partial charge in [0, 0.05) is 24.0 Å². The molecule has 1 saturated carbocycles. The van der Waals surface area contributed by atoms with Gasteiger partial charge in [0.05, 0.1) is 6.61 Å². The molecular formula is C27H35ClN2O3. The van der Waals surface area contributed by atoms with Crippen LogP contribution in [0.25, 0.3) is 0 Å². The Balaban J connectivity index is 1.59. The number of halogens is 1. The Kier molecular flexibility index (Phi) is 9.61. The van der Waals surface area contributed by atoms with E-state index in [-0.39, 0.29) is 17.9 Å². The predicted octanol–water partition coefficient (Wildman–Crippen LogP) is 5.67. The smallest absolute Gasteiger partial charge is 0.242 e. The van der Waals surface area contributed by atoms with Gasteiger partial charge in [-0.1, -0.05) is 60.7 Å². The van der Waals surface area contributed by atoms with Gasteiger partial charge in [0.25, 0.3) is 0 Å². The highest BCUT2D eigenvalue weighted by Crippen LogP contribution is 2.19. The molecule has 0 heterocycles. The Bertz CT molecular complexity index is 893. The van der Waals surface area contributed by atoms with Gasteiger partial charge < -0.3 is 15.0 Å². The number of ether oxygens (including phenoxy) is 1. The first-order chi connectivity index (χ1) is 15.9. The second-order valence-electron chi connectivity index (χ2n) is 8.93. The number of rotatable bonds is 10. The number of carbonyl (C=O) groups excluding carboxylic acids is 2. The molecule has 1 fully saturated rings. The van der Waals surface area contributed by atoms with Crippen LogP contribution in [-0.4, -0.2) is 35.4 Å². The van der Waals surface area contributed by atoms with Gasteiger partial charge in [0.1, 0.15) is 11.8 Å². The molecule has 0 bridgehead atoms. The lowest BCUT2D eigenvalue weighted by atomic mass is 9.95. The average Bonchev–Trinajstić information content (AvgIpc) is 2.82. The van der Waals surface area contributed by atoms with Crippen molar-refractivity contribution in [3.05, 3.63) is 64.7 Å². The minimum atomic E-state index is -0.530. The molecule has 0 unspecified atom stereocenters. The van der Waals surface area contributed by atoms with Gasteiger partial charge in [0.2, 0.25) is 11.8 Å². The fourth-order valence-corrected chi connectivity index (χ4v) is 4.26. The molecule has 2 aromatic rings. The largest absolute Gasteiger partial charge is 0.494 e. The zero-order valence-electron chi connectivity index (χ0n) is 19.7. The van der Waals surface area contributed by atoms with Gasteiger partial charge in [-0.2, -0.15) is 0 Å². The zero-order chi connectivity index (χ0) is 23.6. The molecule has 2 amide bonds. The van der Waals surface area contributed by atoms with E-state index in [1.165, 1.54) is 12.0 Å². The number of nitrogens with one attached hydrogen (secondary N) is 1. The molecule has 1 aliphatic rings. The van der Waals surface area contributed by atoms with Crippen LogP contribution in [0.4, 0.5) is 0 Å². The number of hydrogen-bond donors (Lipinski definition) is 1. The van der Waals surface area contributed by atoms with Crippen LogP contribution in [0.2, 0.25) is 5.02 Å². The van der Waals surface area contributed by atoms with Gasteiger partial charge in [-0.25, -0.2) is 0 Å². The molecule has 0 aromatic heterocycles. The second-order valence-corrected chi connectivity index (χ2v) is 9.37. The highest BCUT2D eigenvalue weighted by Gasteiger charge is 2.27. The molecule has 1 N–H and O–H groups in total. The molecule has 5 nitrogen and oxygen atoms in total. The normalized spacial score (nSPS) is 15.0. The third-order valence-electron chi connectivity index (χ3n) is 6.21. The summed E-state index contributed by atoms with van der Waals surface area (Å²) in [5.41, 5.74) is 2.18. The van der Waals surface area contributed by atoms with Gasteiger partial charge in [0.15, 0.2) is 0 Å². The van der Waals surface area contributed by atoms with Crippen molar-refractivity contribution >= 4 is 23.4 Å². The van der Waals surface area contributed by atoms with Crippen LogP contribution in [0, 0.1) is 6.92 Å². The van der Waals surface area contributed by atoms with Crippen LogP contribution in [0.1, 0.15) is 63.0 Å². The van der Waals surface area contributed by atoms with Crippen molar-refractivity contribution in [2.24, 2.45) is 0 Å². The molecule has 0 spiro atoms. The number of carbonyl (C=O) groups is 2. The standard InChI is InChI=1S/C27H35ClN2O3/c1-20-10-12-22(13-11-20)19-30(21(2)27(32)29-24-7-4-3-5-8-24)26(31)9-6-18-33-25-16-14-23(28)15-17-25/h10-17,21,24H,3-9,18-19H2,1-2H3,(H,29,32)/t21-/m0/s1. The summed E-state index contributed by atoms with van der Waals surface area (Å²) in [5, 5.41) is 3.83. The van der Waals surface area contributed by atoms with E-state index >= 15 is 0 Å². The van der Waals surface area contributed by atoms with Crippen LogP contribution in [0.3, 0.4) is 0 Å². The van der Waals surface area contributed by atoms with Crippen LogP contribution in [0.5, 0.6) is 5.75 Å². The Morgan fingerprint density at radius 1 is 1.06 bits per heavy atom. The quantitative estimate of drug-likeness (QED) is 0.455. The van der Waals surface area contributed by atoms with Crippen LogP contribution < -0.4 is 10.1 Å². The van der Waals surface area contributed by atoms with E-state index in [9.17, 15) is 9.59 Å². The summed E-state index contributed by atoms with van der Waals surface area (Å²) in [6, 6.07) is 15.0. The van der Waals surface area contributed by atoms with E-state index in [4.69, 9.17) is 16.3 Å². The summed E-state index contributed by atoms with van der Waals surface area (Å²) in [7, 11) is 0. The number of aryl methyl sites for hydroxylation is 1. The first kappa shape index (κ1) is 25.1. The number of hydrogen-bond acceptors (Lipinski definition) is 3. The topological polar surface area (TPSA) is 58.6 Å². The summed E-state index contributed by atoms with van der Waals surface area (Å²) >= 11 is 5.90. The first-order valence-electron chi connectivity index (χ1n) is 12.0. The molecule has 0 radical (unpaired) electrons. The molecule has 178 valence electrons. The molecule has 6 heteroatoms. The fourth-order valence-electron chi connectivity index (χ4n) is 4.13. The minimum Gasteiger partial charge on any atom is -0.494 e. The molecule has 1 atom stereocenters. The third kappa shape index (κ3) is 8.08. The average molecular weight is 471 g/mol. The van der Waals surface area contributed by atoms with Crippen molar-refractivity contribution in [1.82, 2.24) is 10.2 Å². The van der Waals surface area contributed by atoms with Crippen molar-refractivity contribution in [3.8, 4) is 5.75 Å². The van der Waals surface area contributed by atoms with E-state index in [1.807, 2.05) is 50.2 Å². The highest BCUT2D eigenvalue weighted by atomic mass is 35.5. The number of amides is 2. The summed E-state index contributed by atoms with van der Waals surface area (Å²) in [6.07, 6.45) is 6.47. The Morgan fingerprint density at radius 3 is 2.39 bits per heavy atom. The van der Waals surface area contributed by atoms with Gasteiger partial charge in [-0.3, -0.25) is 9.59 Å². The van der Waals surface area contributed by atoms with Crippen molar-refractivity contribution in [2.45, 2.75) is 77.4 Å². The lowest BCUT2D eigenvalue weighted by molar-refractivity contribution is -0.141. The van der Waals surface area contributed by atoms with Crippen molar-refractivity contribution in [2.75, 3.05) is 6.61 Å². The lowest BCUT2D eigenvalue weighted by Crippen LogP contribution is -2.50. The summed E-state index contributed by atoms with van der Waals surface area (Å²) in [4.78, 5) is 27.9. The van der Waals surface area contributed by atoms with Gasteiger partial charge >= 0.3 is 0 Å². The second kappa shape index (κ2) is 12.6. The molecule has 2 aromatic carbocycles. The van der Waals surface area contributed by atoms with Crippen molar-refractivity contribution in [3.63, 3.8) is 0 Å². The maximum Gasteiger partial charge on any atom is 0.242 e. The molecule has 3 rings (SSSR count). The SMILES string of the molecule is Cc1ccc(CN(C(=O)CCCOc2ccc(Cl)cc2)[C@@H](C)C(=O)NC2CCCCC2)cc1. The Hall–Kier alpha value is -2.53. The maximum absolute atomic E-state index is 13.2. The van der Waals surface area contributed by atoms with E-state index in [1.54, 1.807) is 17.0 Å². The number of nitrogens with zero attached hydrogens (tertiary/aromatic N) is 1. The number of benzene rings is 2. The lowest BCUT2D eigenvalue weighted by Gasteiger charge is -2.31. The van der Waals surface area contributed by atoms with Gasteiger partial charge in [-0.05, 0) is 62.9 Å². The maximum atomic E-state index is 13.2. The summed E-state index contributed by atoms with van der Waals surface area (Å²) in [6.45, 7) is 4.70. The van der Waals surface area contributed by atoms with E-state index in [0.29, 0.717) is 31.0 Å². The van der Waals surface area contributed by atoms with E-state index in [2.05, 4.69) is 5.32 Å². The zero-order valence-corrected chi connectivity index (χ0v) is 20.4. The minimum absolute atomic E-state index is 0.0402. The third-order valence-corrected chi connectivity index (χ3v) is 6.46. The van der Waals surface area contributed by atoms with Crippen LogP contribution in [-0.2, 0) is 16.1 Å². The molecule has 0 saturated heterocycles. The van der Waals surface area contributed by atoms with E-state index in [0.717, 1.165) is 37.0 Å². The Morgan fingerprint density at radius 2 is 1.73 bits per heavy atom. The molecule has 1 aliphatic carbocycles. The molecule has 0 aliphatic heterocycles. The summed E-state index contributed by atoms with van der Waals surface area (Å²) in [5.74, 6) is 0.616. The predicted molar refractivity (Wildman–Crippen MR) is 132 cm³/mol. The van der Waals surface area contributed by atoms with Crippen LogP contribution >= 0.6 is 11.6 Å². The monoisotopic (exact) mass is 470 g/mol. The molecular weight excluding hydrogens is 436 g/mol. The molecule has 33 heavy (non-hydrogen) atoms.